The molecular weight excluding hydrogens is 363 g/mol. The van der Waals surface area contributed by atoms with E-state index in [0.717, 1.165) is 5.69 Å². The first kappa shape index (κ1) is 17.5. The van der Waals surface area contributed by atoms with Gasteiger partial charge in [0.15, 0.2) is 17.3 Å². The standard InChI is InChI=1S/C19H17FN6O2/c1-27-14-7-6-11(10-15(14)28-2)22-19-21-9-8-16(24-19)23-18-17-12(20)4-3-5-13(17)25-26-18/h3-10H,1-2H3,(H3,21,22,23,24,25,26). The van der Waals surface area contributed by atoms with Crippen molar-refractivity contribution in [2.24, 2.45) is 0 Å². The molecule has 142 valence electrons. The maximum atomic E-state index is 14.1. The summed E-state index contributed by atoms with van der Waals surface area (Å²) in [6, 6.07) is 11.8. The van der Waals surface area contributed by atoms with E-state index in [0.29, 0.717) is 40.0 Å². The van der Waals surface area contributed by atoms with Gasteiger partial charge < -0.3 is 20.1 Å². The maximum Gasteiger partial charge on any atom is 0.229 e. The van der Waals surface area contributed by atoms with Crippen molar-refractivity contribution in [2.45, 2.75) is 0 Å². The molecule has 3 N–H and O–H groups in total. The Morgan fingerprint density at radius 3 is 2.68 bits per heavy atom. The summed E-state index contributed by atoms with van der Waals surface area (Å²) in [4.78, 5) is 8.60. The van der Waals surface area contributed by atoms with E-state index in [1.54, 1.807) is 50.7 Å². The monoisotopic (exact) mass is 380 g/mol. The summed E-state index contributed by atoms with van der Waals surface area (Å²) in [6.07, 6.45) is 1.59. The summed E-state index contributed by atoms with van der Waals surface area (Å²) < 4.78 is 24.6. The fraction of sp³-hybridized carbons (Fsp3) is 0.105. The molecule has 0 saturated heterocycles. The first-order chi connectivity index (χ1) is 13.7. The third kappa shape index (κ3) is 3.37. The lowest BCUT2D eigenvalue weighted by atomic mass is 10.2. The van der Waals surface area contributed by atoms with Gasteiger partial charge in [0, 0.05) is 18.0 Å². The number of nitrogens with zero attached hydrogens (tertiary/aromatic N) is 3. The molecule has 0 unspecified atom stereocenters. The van der Waals surface area contributed by atoms with Gasteiger partial charge in [0.05, 0.1) is 25.1 Å². The molecular formula is C19H17FN6O2. The van der Waals surface area contributed by atoms with Gasteiger partial charge in [-0.25, -0.2) is 9.37 Å². The largest absolute Gasteiger partial charge is 0.493 e. The quantitative estimate of drug-likeness (QED) is 0.465. The highest BCUT2D eigenvalue weighted by Gasteiger charge is 2.12. The summed E-state index contributed by atoms with van der Waals surface area (Å²) >= 11 is 0. The van der Waals surface area contributed by atoms with Crippen molar-refractivity contribution in [1.82, 2.24) is 20.2 Å². The number of benzene rings is 2. The van der Waals surface area contributed by atoms with Crippen LogP contribution in [0.25, 0.3) is 10.9 Å². The topological polar surface area (TPSA) is 97.0 Å². The molecule has 2 aromatic heterocycles. The molecule has 0 aliphatic heterocycles. The molecule has 2 heterocycles. The van der Waals surface area contributed by atoms with Crippen LogP contribution in [0.5, 0.6) is 11.5 Å². The second-order valence-corrected chi connectivity index (χ2v) is 5.82. The van der Waals surface area contributed by atoms with Crippen LogP contribution in [0.4, 0.5) is 27.7 Å². The molecule has 4 aromatic rings. The van der Waals surface area contributed by atoms with E-state index in [4.69, 9.17) is 9.47 Å². The number of rotatable bonds is 6. The lowest BCUT2D eigenvalue weighted by Crippen LogP contribution is -2.01. The zero-order valence-electron chi connectivity index (χ0n) is 15.2. The number of fused-ring (bicyclic) bond motifs is 1. The fourth-order valence-corrected chi connectivity index (χ4v) is 2.77. The minimum absolute atomic E-state index is 0.351. The second kappa shape index (κ2) is 7.39. The van der Waals surface area contributed by atoms with E-state index in [2.05, 4.69) is 30.8 Å². The summed E-state index contributed by atoms with van der Waals surface area (Å²) in [7, 11) is 3.14. The summed E-state index contributed by atoms with van der Waals surface area (Å²) in [6.45, 7) is 0. The van der Waals surface area contributed by atoms with Crippen LogP contribution in [-0.2, 0) is 0 Å². The third-order valence-electron chi connectivity index (χ3n) is 4.08. The molecule has 0 bridgehead atoms. The molecule has 0 atom stereocenters. The van der Waals surface area contributed by atoms with Crippen molar-refractivity contribution >= 4 is 34.2 Å². The van der Waals surface area contributed by atoms with E-state index in [1.165, 1.54) is 6.07 Å². The SMILES string of the molecule is COc1ccc(Nc2nccc(Nc3n[nH]c4cccc(F)c34)n2)cc1OC. The Kier molecular flexibility index (Phi) is 4.63. The van der Waals surface area contributed by atoms with Crippen LogP contribution in [0.1, 0.15) is 0 Å². The number of aromatic amines is 1. The molecule has 0 fully saturated rings. The first-order valence-corrected chi connectivity index (χ1v) is 8.39. The Hall–Kier alpha value is -3.88. The van der Waals surface area contributed by atoms with E-state index in [9.17, 15) is 4.39 Å². The van der Waals surface area contributed by atoms with Crippen molar-refractivity contribution in [1.29, 1.82) is 0 Å². The van der Waals surface area contributed by atoms with Crippen molar-refractivity contribution in [3.8, 4) is 11.5 Å². The number of ether oxygens (including phenoxy) is 2. The Bertz CT molecular complexity index is 1130. The van der Waals surface area contributed by atoms with Gasteiger partial charge in [0.2, 0.25) is 5.95 Å². The summed E-state index contributed by atoms with van der Waals surface area (Å²) in [5.74, 6) is 2.01. The van der Waals surface area contributed by atoms with Gasteiger partial charge in [0.25, 0.3) is 0 Å². The third-order valence-corrected chi connectivity index (χ3v) is 4.08. The summed E-state index contributed by atoms with van der Waals surface area (Å²) in [5.41, 5.74) is 1.33. The van der Waals surface area contributed by atoms with Crippen LogP contribution in [0.2, 0.25) is 0 Å². The lowest BCUT2D eigenvalue weighted by molar-refractivity contribution is 0.355. The Morgan fingerprint density at radius 1 is 1.00 bits per heavy atom. The fourth-order valence-electron chi connectivity index (χ4n) is 2.77. The van der Waals surface area contributed by atoms with Crippen LogP contribution in [0.15, 0.2) is 48.7 Å². The molecule has 9 heteroatoms. The zero-order valence-corrected chi connectivity index (χ0v) is 15.2. The molecule has 8 nitrogen and oxygen atoms in total. The molecule has 0 aliphatic rings. The molecule has 0 aliphatic carbocycles. The van der Waals surface area contributed by atoms with Crippen LogP contribution in [-0.4, -0.2) is 34.4 Å². The van der Waals surface area contributed by atoms with Crippen molar-refractivity contribution < 1.29 is 13.9 Å². The Morgan fingerprint density at radius 2 is 1.86 bits per heavy atom. The van der Waals surface area contributed by atoms with Gasteiger partial charge in [-0.1, -0.05) is 6.07 Å². The van der Waals surface area contributed by atoms with Crippen molar-refractivity contribution in [3.63, 3.8) is 0 Å². The lowest BCUT2D eigenvalue weighted by Gasteiger charge is -2.11. The maximum absolute atomic E-state index is 14.1. The Labute approximate surface area is 159 Å². The number of aromatic nitrogens is 4. The highest BCUT2D eigenvalue weighted by Crippen LogP contribution is 2.31. The van der Waals surface area contributed by atoms with Gasteiger partial charge >= 0.3 is 0 Å². The van der Waals surface area contributed by atoms with Crippen molar-refractivity contribution in [3.05, 3.63) is 54.5 Å². The van der Waals surface area contributed by atoms with Crippen LogP contribution in [0, 0.1) is 5.82 Å². The first-order valence-electron chi connectivity index (χ1n) is 8.39. The minimum atomic E-state index is -0.369. The highest BCUT2D eigenvalue weighted by atomic mass is 19.1. The molecule has 0 saturated carbocycles. The molecule has 0 spiro atoms. The van der Waals surface area contributed by atoms with Gasteiger partial charge in [-0.3, -0.25) is 5.10 Å². The van der Waals surface area contributed by atoms with Crippen molar-refractivity contribution in [2.75, 3.05) is 24.9 Å². The van der Waals surface area contributed by atoms with E-state index >= 15 is 0 Å². The predicted molar refractivity (Wildman–Crippen MR) is 104 cm³/mol. The molecule has 28 heavy (non-hydrogen) atoms. The zero-order chi connectivity index (χ0) is 19.5. The average molecular weight is 380 g/mol. The predicted octanol–water partition coefficient (Wildman–Crippen LogP) is 4.00. The highest BCUT2D eigenvalue weighted by molar-refractivity contribution is 5.91. The molecule has 0 radical (unpaired) electrons. The van der Waals surface area contributed by atoms with Gasteiger partial charge in [-0.05, 0) is 30.3 Å². The van der Waals surface area contributed by atoms with E-state index in [1.807, 2.05) is 6.07 Å². The van der Waals surface area contributed by atoms with Gasteiger partial charge in [0.1, 0.15) is 11.6 Å². The number of anilines is 4. The van der Waals surface area contributed by atoms with Crippen LogP contribution in [0.3, 0.4) is 0 Å². The average Bonchev–Trinajstić information content (AvgIpc) is 3.12. The smallest absolute Gasteiger partial charge is 0.229 e. The molecule has 4 rings (SSSR count). The normalized spacial score (nSPS) is 10.7. The molecule has 0 amide bonds. The number of nitrogens with one attached hydrogen (secondary N) is 3. The summed E-state index contributed by atoms with van der Waals surface area (Å²) in [5, 5.41) is 13.4. The van der Waals surface area contributed by atoms with Gasteiger partial charge in [-0.2, -0.15) is 10.1 Å². The van der Waals surface area contributed by atoms with E-state index < -0.39 is 0 Å². The van der Waals surface area contributed by atoms with Crippen LogP contribution < -0.4 is 20.1 Å². The Balaban J connectivity index is 1.58. The van der Waals surface area contributed by atoms with Crippen LogP contribution >= 0.6 is 0 Å². The number of hydrogen-bond donors (Lipinski definition) is 3. The number of methoxy groups -OCH3 is 2. The number of halogens is 1. The number of H-pyrrole nitrogens is 1. The van der Waals surface area contributed by atoms with E-state index in [-0.39, 0.29) is 5.82 Å². The minimum Gasteiger partial charge on any atom is -0.493 e. The number of hydrogen-bond acceptors (Lipinski definition) is 7. The molecule has 2 aromatic carbocycles. The second-order valence-electron chi connectivity index (χ2n) is 5.82. The van der Waals surface area contributed by atoms with Gasteiger partial charge in [-0.15, -0.1) is 0 Å².